The minimum absolute atomic E-state index is 0.0847. The molecule has 6 nitrogen and oxygen atoms in total. The Kier molecular flexibility index (Phi) is 4.10. The van der Waals surface area contributed by atoms with Crippen LogP contribution in [0.3, 0.4) is 0 Å². The molecule has 1 radical (unpaired) electrons. The van der Waals surface area contributed by atoms with Gasteiger partial charge in [0.25, 0.3) is 0 Å². The van der Waals surface area contributed by atoms with Gasteiger partial charge in [-0.25, -0.2) is 9.37 Å². The number of fused-ring (bicyclic) bond motifs is 1. The summed E-state index contributed by atoms with van der Waals surface area (Å²) in [6.45, 7) is 5.05. The van der Waals surface area contributed by atoms with Crippen molar-refractivity contribution in [1.29, 1.82) is 0 Å². The lowest BCUT2D eigenvalue weighted by atomic mass is 9.97. The third kappa shape index (κ3) is 2.88. The first-order valence-corrected chi connectivity index (χ1v) is 9.85. The maximum absolute atomic E-state index is 13.9. The van der Waals surface area contributed by atoms with Crippen LogP contribution in [0.15, 0.2) is 36.7 Å². The van der Waals surface area contributed by atoms with E-state index in [0.717, 1.165) is 47.7 Å². The quantitative estimate of drug-likeness (QED) is 0.538. The number of imidazole rings is 1. The molecule has 4 aromatic rings. The van der Waals surface area contributed by atoms with Crippen molar-refractivity contribution < 1.29 is 4.39 Å². The second-order valence-corrected chi connectivity index (χ2v) is 8.03. The Morgan fingerprint density at radius 1 is 1.24 bits per heavy atom. The van der Waals surface area contributed by atoms with Gasteiger partial charge in [-0.15, -0.1) is 4.80 Å². The molecule has 0 bridgehead atoms. The van der Waals surface area contributed by atoms with Crippen LogP contribution in [-0.2, 0) is 5.54 Å². The number of aromatic amines is 1. The van der Waals surface area contributed by atoms with Gasteiger partial charge in [0.2, 0.25) is 0 Å². The second-order valence-electron chi connectivity index (χ2n) is 7.63. The van der Waals surface area contributed by atoms with E-state index >= 15 is 0 Å². The zero-order valence-electron chi connectivity index (χ0n) is 16.1. The number of nitrogens with zero attached hydrogens (tertiary/aromatic N) is 5. The Bertz CT molecular complexity index is 1160. The number of anilines is 1. The summed E-state index contributed by atoms with van der Waals surface area (Å²) in [7, 11) is 0. The van der Waals surface area contributed by atoms with Gasteiger partial charge in [-0.3, -0.25) is 0 Å². The highest BCUT2D eigenvalue weighted by Crippen LogP contribution is 2.43. The predicted molar refractivity (Wildman–Crippen MR) is 110 cm³/mol. The van der Waals surface area contributed by atoms with Crippen LogP contribution < -0.4 is 4.90 Å². The van der Waals surface area contributed by atoms with E-state index < -0.39 is 11.4 Å². The molecule has 1 atom stereocenters. The summed E-state index contributed by atoms with van der Waals surface area (Å²) >= 11 is 5.96. The number of halogens is 2. The molecule has 29 heavy (non-hydrogen) atoms. The highest BCUT2D eigenvalue weighted by atomic mass is 35.5. The van der Waals surface area contributed by atoms with Gasteiger partial charge in [-0.1, -0.05) is 11.6 Å². The standard InChI is InChI=1S/C21H19ClFN6/c1-13-4-5-18(29-24-7-8-25-29)19(10-13)28-9-3-6-21(28,2)20-26-16-11-14(22)15(23)12-17(16)27-20/h4,7-8,10-12H,3,6,9H2,1-2H3,(H,26,27)/t21-/m0/s1. The summed E-state index contributed by atoms with van der Waals surface area (Å²) < 4.78 is 13.9. The Morgan fingerprint density at radius 2 is 2.03 bits per heavy atom. The minimum Gasteiger partial charge on any atom is -0.357 e. The van der Waals surface area contributed by atoms with E-state index in [1.54, 1.807) is 23.3 Å². The average Bonchev–Trinajstić information content (AvgIpc) is 3.42. The normalized spacial score (nSPS) is 19.4. The van der Waals surface area contributed by atoms with Crippen LogP contribution in [0.5, 0.6) is 0 Å². The van der Waals surface area contributed by atoms with E-state index in [0.29, 0.717) is 5.52 Å². The van der Waals surface area contributed by atoms with Gasteiger partial charge < -0.3 is 9.88 Å². The largest absolute Gasteiger partial charge is 0.357 e. The molecule has 1 N–H and O–H groups in total. The highest BCUT2D eigenvalue weighted by Gasteiger charge is 2.42. The molecule has 8 heteroatoms. The van der Waals surface area contributed by atoms with Gasteiger partial charge >= 0.3 is 0 Å². The van der Waals surface area contributed by atoms with Crippen molar-refractivity contribution in [2.24, 2.45) is 0 Å². The zero-order chi connectivity index (χ0) is 20.2. The molecular formula is C21H19ClFN6. The van der Waals surface area contributed by atoms with Crippen LogP contribution in [0, 0.1) is 18.8 Å². The van der Waals surface area contributed by atoms with Gasteiger partial charge in [-0.05, 0) is 50.5 Å². The van der Waals surface area contributed by atoms with Crippen molar-refractivity contribution in [3.05, 3.63) is 65.0 Å². The number of aromatic nitrogens is 5. The topological polar surface area (TPSA) is 62.6 Å². The maximum atomic E-state index is 13.9. The molecule has 2 aromatic heterocycles. The first-order valence-electron chi connectivity index (χ1n) is 9.47. The molecule has 0 aliphatic carbocycles. The Balaban J connectivity index is 1.65. The Morgan fingerprint density at radius 3 is 2.83 bits per heavy atom. The van der Waals surface area contributed by atoms with E-state index in [2.05, 4.69) is 39.1 Å². The number of benzene rings is 2. The summed E-state index contributed by atoms with van der Waals surface area (Å²) in [6.07, 6.45) is 5.21. The fraction of sp³-hybridized carbons (Fsp3) is 0.286. The van der Waals surface area contributed by atoms with Crippen molar-refractivity contribution >= 4 is 28.3 Å². The van der Waals surface area contributed by atoms with Gasteiger partial charge in [0, 0.05) is 18.7 Å². The molecule has 0 spiro atoms. The molecule has 5 rings (SSSR count). The van der Waals surface area contributed by atoms with Crippen molar-refractivity contribution in [1.82, 2.24) is 25.0 Å². The monoisotopic (exact) mass is 409 g/mol. The minimum atomic E-state index is -0.467. The predicted octanol–water partition coefficient (Wildman–Crippen LogP) is 4.56. The van der Waals surface area contributed by atoms with E-state index in [4.69, 9.17) is 16.6 Å². The summed E-state index contributed by atoms with van der Waals surface area (Å²) in [5, 5.41) is 8.67. The average molecular weight is 410 g/mol. The number of hydrogen-bond donors (Lipinski definition) is 1. The van der Waals surface area contributed by atoms with E-state index in [-0.39, 0.29) is 5.02 Å². The number of H-pyrrole nitrogens is 1. The molecule has 1 aliphatic heterocycles. The second kappa shape index (κ2) is 6.56. The molecule has 0 saturated carbocycles. The maximum Gasteiger partial charge on any atom is 0.144 e. The van der Waals surface area contributed by atoms with Crippen LogP contribution in [0.1, 0.15) is 31.2 Å². The van der Waals surface area contributed by atoms with Crippen LogP contribution in [0.2, 0.25) is 5.02 Å². The van der Waals surface area contributed by atoms with Gasteiger partial charge in [0.05, 0.1) is 39.7 Å². The Labute approximate surface area is 172 Å². The number of hydrogen-bond acceptors (Lipinski definition) is 4. The SMILES string of the molecule is Cc1c[c]c(-n2nccn2)c(N2CCC[C@@]2(C)c2nc3cc(F)c(Cl)cc3[nH]2)c1. The lowest BCUT2D eigenvalue weighted by molar-refractivity contribution is 0.466. The number of rotatable bonds is 3. The van der Waals surface area contributed by atoms with E-state index in [9.17, 15) is 4.39 Å². The van der Waals surface area contributed by atoms with E-state index in [1.807, 2.05) is 13.0 Å². The molecule has 0 unspecified atom stereocenters. The van der Waals surface area contributed by atoms with Gasteiger partial charge in [0.15, 0.2) is 0 Å². The summed E-state index contributed by atoms with van der Waals surface area (Å²) in [6, 6.07) is 10.3. The third-order valence-corrected chi connectivity index (χ3v) is 5.92. The van der Waals surface area contributed by atoms with Crippen molar-refractivity contribution in [2.75, 3.05) is 11.4 Å². The zero-order valence-corrected chi connectivity index (χ0v) is 16.8. The summed E-state index contributed by atoms with van der Waals surface area (Å²) in [5.74, 6) is 0.318. The first-order chi connectivity index (χ1) is 14.0. The molecular weight excluding hydrogens is 391 g/mol. The van der Waals surface area contributed by atoms with Gasteiger partial charge in [0.1, 0.15) is 17.3 Å². The van der Waals surface area contributed by atoms with Crippen LogP contribution in [0.4, 0.5) is 10.1 Å². The van der Waals surface area contributed by atoms with Crippen molar-refractivity contribution in [2.45, 2.75) is 32.2 Å². The molecule has 1 saturated heterocycles. The lowest BCUT2D eigenvalue weighted by Gasteiger charge is -2.36. The molecule has 2 aromatic carbocycles. The fourth-order valence-corrected chi connectivity index (χ4v) is 4.30. The molecule has 1 aliphatic rings. The number of aryl methyl sites for hydroxylation is 1. The van der Waals surface area contributed by atoms with Crippen LogP contribution in [-0.4, -0.2) is 31.5 Å². The van der Waals surface area contributed by atoms with Crippen LogP contribution >= 0.6 is 11.6 Å². The van der Waals surface area contributed by atoms with Gasteiger partial charge in [-0.2, -0.15) is 10.2 Å². The fourth-order valence-electron chi connectivity index (χ4n) is 4.13. The molecule has 0 amide bonds. The van der Waals surface area contributed by atoms with Crippen molar-refractivity contribution in [3.8, 4) is 5.69 Å². The highest BCUT2D eigenvalue weighted by molar-refractivity contribution is 6.31. The number of nitrogens with one attached hydrogen (secondary N) is 1. The third-order valence-electron chi connectivity index (χ3n) is 5.63. The van der Waals surface area contributed by atoms with Crippen LogP contribution in [0.25, 0.3) is 16.7 Å². The summed E-state index contributed by atoms with van der Waals surface area (Å²) in [4.78, 5) is 12.0. The first kappa shape index (κ1) is 18.1. The molecule has 3 heterocycles. The summed E-state index contributed by atoms with van der Waals surface area (Å²) in [5.41, 5.74) is 3.78. The lowest BCUT2D eigenvalue weighted by Crippen LogP contribution is -2.40. The van der Waals surface area contributed by atoms with Crippen molar-refractivity contribution in [3.63, 3.8) is 0 Å². The molecule has 147 valence electrons. The van der Waals surface area contributed by atoms with E-state index in [1.165, 1.54) is 6.07 Å². The molecule has 1 fully saturated rings. The Hall–Kier alpha value is -2.93. The smallest absolute Gasteiger partial charge is 0.144 e.